The van der Waals surface area contributed by atoms with Gasteiger partial charge in [0.05, 0.1) is 0 Å². The summed E-state index contributed by atoms with van der Waals surface area (Å²) in [6.07, 6.45) is -8.57. The first-order chi connectivity index (χ1) is 8.31. The van der Waals surface area contributed by atoms with Gasteiger partial charge in [0.1, 0.15) is 0 Å². The van der Waals surface area contributed by atoms with E-state index in [1.54, 1.807) is 0 Å². The molecule has 0 aliphatic carbocycles. The maximum absolute atomic E-state index is 12.9. The molecule has 11 heteroatoms. The molecular formula is C8H10F9NS. The molecule has 0 fully saturated rings. The number of alkyl halides is 9. The van der Waals surface area contributed by atoms with E-state index in [0.29, 0.717) is 11.8 Å². The molecule has 0 aliphatic rings. The van der Waals surface area contributed by atoms with E-state index < -0.39 is 36.1 Å². The Morgan fingerprint density at radius 3 is 1.58 bits per heavy atom. The first-order valence-electron chi connectivity index (χ1n) is 4.79. The molecule has 0 aliphatic heterocycles. The number of hydrogen-bond acceptors (Lipinski definition) is 2. The van der Waals surface area contributed by atoms with Crippen LogP contribution < -0.4 is 5.73 Å². The van der Waals surface area contributed by atoms with E-state index in [1.807, 2.05) is 0 Å². The summed E-state index contributed by atoms with van der Waals surface area (Å²) in [4.78, 5) is 0. The average molecular weight is 323 g/mol. The van der Waals surface area contributed by atoms with E-state index in [0.717, 1.165) is 0 Å². The third-order valence-corrected chi connectivity index (χ3v) is 3.05. The second kappa shape index (κ2) is 5.98. The summed E-state index contributed by atoms with van der Waals surface area (Å²) in [5.74, 6) is -19.4. The zero-order chi connectivity index (χ0) is 15.5. The van der Waals surface area contributed by atoms with Crippen molar-refractivity contribution >= 4 is 11.8 Å². The van der Waals surface area contributed by atoms with Gasteiger partial charge in [-0.15, -0.1) is 0 Å². The zero-order valence-corrected chi connectivity index (χ0v) is 10.0. The maximum Gasteiger partial charge on any atom is 0.460 e. The normalized spacial score (nSPS) is 14.8. The molecule has 0 saturated carbocycles. The first-order valence-corrected chi connectivity index (χ1v) is 5.94. The van der Waals surface area contributed by atoms with Gasteiger partial charge in [-0.25, -0.2) is 0 Å². The monoisotopic (exact) mass is 323 g/mol. The van der Waals surface area contributed by atoms with Crippen molar-refractivity contribution in [2.24, 2.45) is 5.73 Å². The number of halogens is 9. The van der Waals surface area contributed by atoms with Crippen molar-refractivity contribution in [1.29, 1.82) is 0 Å². The van der Waals surface area contributed by atoms with Gasteiger partial charge in [-0.05, 0) is 5.75 Å². The maximum atomic E-state index is 12.9. The topological polar surface area (TPSA) is 26.0 Å². The molecule has 0 bridgehead atoms. The lowest BCUT2D eigenvalue weighted by Crippen LogP contribution is -2.60. The second-order valence-electron chi connectivity index (χ2n) is 3.50. The Balaban J connectivity index is 4.96. The smallest absolute Gasteiger partial charge is 0.330 e. The Morgan fingerprint density at radius 2 is 1.21 bits per heavy atom. The Kier molecular flexibility index (Phi) is 5.88. The Labute approximate surface area is 106 Å². The van der Waals surface area contributed by atoms with E-state index in [1.165, 1.54) is 0 Å². The van der Waals surface area contributed by atoms with Gasteiger partial charge in [-0.2, -0.15) is 51.3 Å². The summed E-state index contributed by atoms with van der Waals surface area (Å²) in [5.41, 5.74) is 4.97. The van der Waals surface area contributed by atoms with E-state index in [4.69, 9.17) is 5.73 Å². The van der Waals surface area contributed by atoms with E-state index >= 15 is 0 Å². The molecule has 0 unspecified atom stereocenters. The highest BCUT2D eigenvalue weighted by atomic mass is 32.2. The lowest BCUT2D eigenvalue weighted by Gasteiger charge is -2.33. The summed E-state index contributed by atoms with van der Waals surface area (Å²) in [5, 5.41) is 0. The summed E-state index contributed by atoms with van der Waals surface area (Å²) in [7, 11) is 0. The molecule has 0 radical (unpaired) electrons. The minimum absolute atomic E-state index is 0.0331. The standard InChI is InChI=1S/C8H10F9NS/c9-5(10,1-3-19-4-2-18)6(11,12)7(13,14)8(15,16)17/h1-4,18H2. The van der Waals surface area contributed by atoms with Crippen LogP contribution in [0.1, 0.15) is 6.42 Å². The van der Waals surface area contributed by atoms with Crippen LogP contribution in [-0.4, -0.2) is 42.0 Å². The molecule has 0 heterocycles. The lowest BCUT2D eigenvalue weighted by atomic mass is 10.0. The molecule has 0 atom stereocenters. The highest BCUT2D eigenvalue weighted by Gasteiger charge is 2.81. The summed E-state index contributed by atoms with van der Waals surface area (Å²) in [6.45, 7) is 0.0331. The van der Waals surface area contributed by atoms with E-state index in [2.05, 4.69) is 0 Å². The van der Waals surface area contributed by atoms with Gasteiger partial charge in [-0.1, -0.05) is 0 Å². The molecule has 0 aromatic carbocycles. The van der Waals surface area contributed by atoms with Crippen LogP contribution in [0.15, 0.2) is 0 Å². The minimum Gasteiger partial charge on any atom is -0.330 e. The molecule has 116 valence electrons. The first kappa shape index (κ1) is 18.7. The van der Waals surface area contributed by atoms with Gasteiger partial charge < -0.3 is 5.73 Å². The molecule has 0 rings (SSSR count). The SMILES string of the molecule is NCCSCCC(F)(F)C(F)(F)C(F)(F)C(F)(F)F. The van der Waals surface area contributed by atoms with Crippen LogP contribution >= 0.6 is 11.8 Å². The van der Waals surface area contributed by atoms with Crippen LogP contribution in [0.25, 0.3) is 0 Å². The molecule has 0 amide bonds. The van der Waals surface area contributed by atoms with E-state index in [9.17, 15) is 39.5 Å². The third kappa shape index (κ3) is 3.83. The largest absolute Gasteiger partial charge is 0.460 e. The molecular weight excluding hydrogens is 313 g/mol. The quantitative estimate of drug-likeness (QED) is 0.573. The minimum atomic E-state index is -6.80. The Morgan fingerprint density at radius 1 is 0.737 bits per heavy atom. The van der Waals surface area contributed by atoms with Gasteiger partial charge >= 0.3 is 23.9 Å². The number of hydrogen-bond donors (Lipinski definition) is 1. The molecule has 19 heavy (non-hydrogen) atoms. The van der Waals surface area contributed by atoms with Gasteiger partial charge in [-0.3, -0.25) is 0 Å². The van der Waals surface area contributed by atoms with Crippen molar-refractivity contribution in [3.63, 3.8) is 0 Å². The summed E-state index contributed by atoms with van der Waals surface area (Å²) < 4.78 is 111. The van der Waals surface area contributed by atoms with Crippen LogP contribution in [0, 0.1) is 0 Å². The Bertz CT molecular complexity index is 288. The van der Waals surface area contributed by atoms with Crippen molar-refractivity contribution in [3.05, 3.63) is 0 Å². The molecule has 0 saturated heterocycles. The predicted molar refractivity (Wildman–Crippen MR) is 51.9 cm³/mol. The number of nitrogens with two attached hydrogens (primary N) is 1. The summed E-state index contributed by atoms with van der Waals surface area (Å²) >= 11 is 0.650. The Hall–Kier alpha value is -0.320. The molecule has 1 nitrogen and oxygen atoms in total. The van der Waals surface area contributed by atoms with Crippen LogP contribution in [0.5, 0.6) is 0 Å². The molecule has 0 aromatic heterocycles. The number of rotatable bonds is 7. The van der Waals surface area contributed by atoms with Crippen molar-refractivity contribution in [3.8, 4) is 0 Å². The zero-order valence-electron chi connectivity index (χ0n) is 9.22. The highest BCUT2D eigenvalue weighted by molar-refractivity contribution is 7.99. The average Bonchev–Trinajstić information content (AvgIpc) is 2.22. The second-order valence-corrected chi connectivity index (χ2v) is 4.73. The lowest BCUT2D eigenvalue weighted by molar-refractivity contribution is -0.396. The molecule has 0 spiro atoms. The van der Waals surface area contributed by atoms with E-state index in [-0.39, 0.29) is 12.3 Å². The van der Waals surface area contributed by atoms with Crippen LogP contribution in [0.3, 0.4) is 0 Å². The number of thioether (sulfide) groups is 1. The van der Waals surface area contributed by atoms with Gasteiger partial charge in [0.2, 0.25) is 0 Å². The van der Waals surface area contributed by atoms with Crippen LogP contribution in [0.4, 0.5) is 39.5 Å². The van der Waals surface area contributed by atoms with Crippen LogP contribution in [-0.2, 0) is 0 Å². The van der Waals surface area contributed by atoms with Gasteiger partial charge in [0.25, 0.3) is 0 Å². The highest BCUT2D eigenvalue weighted by Crippen LogP contribution is 2.54. The molecule has 2 N–H and O–H groups in total. The van der Waals surface area contributed by atoms with Crippen molar-refractivity contribution in [1.82, 2.24) is 0 Å². The fourth-order valence-corrected chi connectivity index (χ4v) is 1.72. The fourth-order valence-electron chi connectivity index (χ4n) is 0.950. The van der Waals surface area contributed by atoms with Crippen molar-refractivity contribution < 1.29 is 39.5 Å². The molecule has 0 aromatic rings. The van der Waals surface area contributed by atoms with Crippen LogP contribution in [0.2, 0.25) is 0 Å². The summed E-state index contributed by atoms with van der Waals surface area (Å²) in [6, 6.07) is 0. The fraction of sp³-hybridized carbons (Fsp3) is 1.00. The van der Waals surface area contributed by atoms with Crippen molar-refractivity contribution in [2.75, 3.05) is 18.1 Å². The van der Waals surface area contributed by atoms with Gasteiger partial charge in [0, 0.05) is 18.7 Å². The van der Waals surface area contributed by atoms with Crippen molar-refractivity contribution in [2.45, 2.75) is 30.4 Å². The van der Waals surface area contributed by atoms with Gasteiger partial charge in [0.15, 0.2) is 0 Å². The third-order valence-electron chi connectivity index (χ3n) is 2.03. The predicted octanol–water partition coefficient (Wildman–Crippen LogP) is 3.54.